The summed E-state index contributed by atoms with van der Waals surface area (Å²) in [6.07, 6.45) is 1.03. The zero-order valence-corrected chi connectivity index (χ0v) is 16.6. The molecule has 0 saturated carbocycles. The molecule has 0 saturated heterocycles. The molecule has 5 heteroatoms. The van der Waals surface area contributed by atoms with Crippen molar-refractivity contribution < 1.29 is 14.6 Å². The molecule has 0 amide bonds. The number of ether oxygens (including phenoxy) is 1. The first kappa shape index (κ1) is 19.9. The molecule has 0 radical (unpaired) electrons. The number of aromatic nitrogens is 1. The van der Waals surface area contributed by atoms with Crippen LogP contribution in [0.15, 0.2) is 60.7 Å². The van der Waals surface area contributed by atoms with E-state index in [2.05, 4.69) is 18.8 Å². The molecule has 0 fully saturated rings. The molecule has 1 heterocycles. The van der Waals surface area contributed by atoms with Crippen LogP contribution >= 0.6 is 11.6 Å². The van der Waals surface area contributed by atoms with E-state index in [-0.39, 0.29) is 5.69 Å². The Kier molecular flexibility index (Phi) is 6.32. The number of hydrogen-bond donors (Lipinski definition) is 0. The van der Waals surface area contributed by atoms with Gasteiger partial charge in [0.05, 0.1) is 24.0 Å². The van der Waals surface area contributed by atoms with Gasteiger partial charge in [0.15, 0.2) is 0 Å². The van der Waals surface area contributed by atoms with Gasteiger partial charge in [0.2, 0.25) is 0 Å². The van der Waals surface area contributed by atoms with Crippen molar-refractivity contribution in [2.75, 3.05) is 6.61 Å². The first-order valence-electron chi connectivity index (χ1n) is 9.20. The fraction of sp³-hybridized carbons (Fsp3) is 0.217. The van der Waals surface area contributed by atoms with Gasteiger partial charge in [0.25, 0.3) is 0 Å². The minimum absolute atomic E-state index is 0.105. The minimum atomic E-state index is -1.31. The van der Waals surface area contributed by atoms with Crippen LogP contribution in [0.4, 0.5) is 0 Å². The number of carboxylic acids is 1. The third kappa shape index (κ3) is 4.52. The van der Waals surface area contributed by atoms with Gasteiger partial charge in [-0.2, -0.15) is 0 Å². The number of nitrogens with zero attached hydrogens (tertiary/aromatic N) is 1. The molecule has 1 unspecified atom stereocenters. The third-order valence-electron chi connectivity index (χ3n) is 4.61. The Hall–Kier alpha value is -2.85. The predicted octanol–water partition coefficient (Wildman–Crippen LogP) is 4.86. The maximum Gasteiger partial charge on any atom is 0.127 e. The Morgan fingerprint density at radius 2 is 1.82 bits per heavy atom. The number of carboxylic acid groups (broad SMARTS) is 1. The predicted molar refractivity (Wildman–Crippen MR) is 109 cm³/mol. The van der Waals surface area contributed by atoms with Gasteiger partial charge in [-0.15, -0.1) is 0 Å². The second kappa shape index (κ2) is 8.89. The average molecular weight is 395 g/mol. The highest BCUT2D eigenvalue weighted by atomic mass is 35.5. The highest BCUT2D eigenvalue weighted by Crippen LogP contribution is 2.38. The van der Waals surface area contributed by atoms with E-state index in [0.717, 1.165) is 28.9 Å². The SMILES string of the molecule is CCC(C)COc1ccc(Cl)cc1-c1ccccc1-c1cccc(C(=O)[O-])n1. The lowest BCUT2D eigenvalue weighted by Gasteiger charge is -2.17. The lowest BCUT2D eigenvalue weighted by atomic mass is 9.96. The van der Waals surface area contributed by atoms with Crippen LogP contribution in [0.2, 0.25) is 5.02 Å². The van der Waals surface area contributed by atoms with Gasteiger partial charge in [-0.1, -0.05) is 62.2 Å². The summed E-state index contributed by atoms with van der Waals surface area (Å²) in [6, 6.07) is 18.0. The standard InChI is InChI=1S/C23H22ClNO3/c1-3-15(2)14-28-22-12-11-16(24)13-19(22)17-7-4-5-8-18(17)20-9-6-10-21(25-20)23(26)27/h4-13,15H,3,14H2,1-2H3,(H,26,27)/p-1. The van der Waals surface area contributed by atoms with Crippen LogP contribution in [0.5, 0.6) is 5.75 Å². The molecular formula is C23H21ClNO3-. The Morgan fingerprint density at radius 1 is 1.07 bits per heavy atom. The lowest BCUT2D eigenvalue weighted by Crippen LogP contribution is -2.23. The molecule has 2 aromatic carbocycles. The molecular weight excluding hydrogens is 374 g/mol. The highest BCUT2D eigenvalue weighted by Gasteiger charge is 2.14. The quantitative estimate of drug-likeness (QED) is 0.574. The van der Waals surface area contributed by atoms with Crippen LogP contribution in [0.25, 0.3) is 22.4 Å². The van der Waals surface area contributed by atoms with E-state index in [0.29, 0.717) is 23.2 Å². The van der Waals surface area contributed by atoms with Crippen molar-refractivity contribution in [1.82, 2.24) is 4.98 Å². The number of benzene rings is 2. The summed E-state index contributed by atoms with van der Waals surface area (Å²) < 4.78 is 6.07. The smallest absolute Gasteiger partial charge is 0.127 e. The Morgan fingerprint density at radius 3 is 2.54 bits per heavy atom. The Balaban J connectivity index is 2.09. The van der Waals surface area contributed by atoms with Crippen LogP contribution in [-0.2, 0) is 0 Å². The number of carbonyl (C=O) groups excluding carboxylic acids is 1. The first-order valence-corrected chi connectivity index (χ1v) is 9.58. The van der Waals surface area contributed by atoms with E-state index >= 15 is 0 Å². The second-order valence-electron chi connectivity index (χ2n) is 6.71. The number of rotatable bonds is 7. The summed E-state index contributed by atoms with van der Waals surface area (Å²) in [5.41, 5.74) is 2.94. The molecule has 144 valence electrons. The molecule has 1 atom stereocenters. The van der Waals surface area contributed by atoms with E-state index < -0.39 is 5.97 Å². The van der Waals surface area contributed by atoms with Gasteiger partial charge in [-0.3, -0.25) is 0 Å². The fourth-order valence-corrected chi connectivity index (χ4v) is 3.00. The molecule has 28 heavy (non-hydrogen) atoms. The third-order valence-corrected chi connectivity index (χ3v) is 4.85. The van der Waals surface area contributed by atoms with Crippen LogP contribution in [0.1, 0.15) is 30.8 Å². The van der Waals surface area contributed by atoms with Gasteiger partial charge in [0.1, 0.15) is 5.75 Å². The zero-order valence-electron chi connectivity index (χ0n) is 15.8. The number of pyridine rings is 1. The molecule has 0 aliphatic heterocycles. The van der Waals surface area contributed by atoms with Gasteiger partial charge in [-0.05, 0) is 41.8 Å². The highest BCUT2D eigenvalue weighted by molar-refractivity contribution is 6.31. The van der Waals surface area contributed by atoms with Crippen LogP contribution in [0, 0.1) is 5.92 Å². The number of aromatic carboxylic acids is 1. The molecule has 0 spiro atoms. The summed E-state index contributed by atoms with van der Waals surface area (Å²) in [5.74, 6) is -0.145. The largest absolute Gasteiger partial charge is 0.543 e. The van der Waals surface area contributed by atoms with Crippen LogP contribution in [-0.4, -0.2) is 17.6 Å². The lowest BCUT2D eigenvalue weighted by molar-refractivity contribution is -0.255. The number of halogens is 1. The maximum atomic E-state index is 11.2. The molecule has 0 aliphatic carbocycles. The average Bonchev–Trinajstić information content (AvgIpc) is 2.72. The molecule has 0 bridgehead atoms. The number of hydrogen-bond acceptors (Lipinski definition) is 4. The van der Waals surface area contributed by atoms with Gasteiger partial charge in [-0.25, -0.2) is 4.98 Å². The zero-order chi connectivity index (χ0) is 20.1. The normalized spacial score (nSPS) is 11.8. The van der Waals surface area contributed by atoms with Crippen molar-refractivity contribution in [2.45, 2.75) is 20.3 Å². The van der Waals surface area contributed by atoms with Crippen molar-refractivity contribution in [2.24, 2.45) is 5.92 Å². The van der Waals surface area contributed by atoms with Crippen LogP contribution in [0.3, 0.4) is 0 Å². The topological polar surface area (TPSA) is 62.2 Å². The Labute approximate surface area is 169 Å². The van der Waals surface area contributed by atoms with E-state index in [1.807, 2.05) is 36.4 Å². The molecule has 0 aliphatic rings. The van der Waals surface area contributed by atoms with Gasteiger partial charge < -0.3 is 14.6 Å². The summed E-state index contributed by atoms with van der Waals surface area (Å²) in [7, 11) is 0. The van der Waals surface area contributed by atoms with E-state index in [9.17, 15) is 9.90 Å². The monoisotopic (exact) mass is 394 g/mol. The van der Waals surface area contributed by atoms with E-state index in [1.165, 1.54) is 6.07 Å². The van der Waals surface area contributed by atoms with Gasteiger partial charge in [0, 0.05) is 16.1 Å². The second-order valence-corrected chi connectivity index (χ2v) is 7.14. The summed E-state index contributed by atoms with van der Waals surface area (Å²) in [5, 5.41) is 11.8. The number of carbonyl (C=O) groups is 1. The molecule has 4 nitrogen and oxygen atoms in total. The minimum Gasteiger partial charge on any atom is -0.543 e. The van der Waals surface area contributed by atoms with Crippen molar-refractivity contribution in [3.63, 3.8) is 0 Å². The maximum absolute atomic E-state index is 11.2. The van der Waals surface area contributed by atoms with E-state index in [1.54, 1.807) is 18.2 Å². The molecule has 3 aromatic rings. The van der Waals surface area contributed by atoms with Gasteiger partial charge >= 0.3 is 0 Å². The molecule has 0 N–H and O–H groups in total. The fourth-order valence-electron chi connectivity index (χ4n) is 2.83. The molecule has 3 rings (SSSR count). The summed E-state index contributed by atoms with van der Waals surface area (Å²) >= 11 is 6.26. The van der Waals surface area contributed by atoms with Crippen molar-refractivity contribution in [1.29, 1.82) is 0 Å². The Bertz CT molecular complexity index is 987. The first-order chi connectivity index (χ1) is 13.5. The van der Waals surface area contributed by atoms with E-state index in [4.69, 9.17) is 16.3 Å². The summed E-state index contributed by atoms with van der Waals surface area (Å²) in [4.78, 5) is 15.4. The molecule has 1 aromatic heterocycles. The van der Waals surface area contributed by atoms with Crippen molar-refractivity contribution >= 4 is 17.6 Å². The van der Waals surface area contributed by atoms with Crippen molar-refractivity contribution in [3.05, 3.63) is 71.4 Å². The van der Waals surface area contributed by atoms with Crippen LogP contribution < -0.4 is 9.84 Å². The summed E-state index contributed by atoms with van der Waals surface area (Å²) in [6.45, 7) is 4.87. The van der Waals surface area contributed by atoms with Crippen molar-refractivity contribution in [3.8, 4) is 28.1 Å².